The molecule has 0 amide bonds. The van der Waals surface area contributed by atoms with E-state index in [-0.39, 0.29) is 5.82 Å². The van der Waals surface area contributed by atoms with Gasteiger partial charge in [0.25, 0.3) is 0 Å². The minimum atomic E-state index is -0.487. The fraction of sp³-hybridized carbons (Fsp3) is 0.231. The summed E-state index contributed by atoms with van der Waals surface area (Å²) >= 11 is 0. The van der Waals surface area contributed by atoms with E-state index in [2.05, 4.69) is 20.6 Å². The SMILES string of the molecule is CNc1ncc(F)c(NCCOc2ccccc2)n1. The Morgan fingerprint density at radius 2 is 2.05 bits per heavy atom. The Morgan fingerprint density at radius 1 is 1.26 bits per heavy atom. The lowest BCUT2D eigenvalue weighted by molar-refractivity contribution is 0.332. The van der Waals surface area contributed by atoms with Crippen molar-refractivity contribution in [3.05, 3.63) is 42.3 Å². The number of hydrogen-bond acceptors (Lipinski definition) is 5. The fourth-order valence-corrected chi connectivity index (χ4v) is 1.47. The van der Waals surface area contributed by atoms with E-state index >= 15 is 0 Å². The summed E-state index contributed by atoms with van der Waals surface area (Å²) in [7, 11) is 1.68. The average Bonchev–Trinajstić information content (AvgIpc) is 2.46. The fourth-order valence-electron chi connectivity index (χ4n) is 1.47. The summed E-state index contributed by atoms with van der Waals surface area (Å²) in [6.45, 7) is 0.869. The predicted octanol–water partition coefficient (Wildman–Crippen LogP) is 2.15. The predicted molar refractivity (Wildman–Crippen MR) is 72.0 cm³/mol. The van der Waals surface area contributed by atoms with Gasteiger partial charge >= 0.3 is 0 Å². The first-order chi connectivity index (χ1) is 9.29. The van der Waals surface area contributed by atoms with E-state index in [1.54, 1.807) is 7.05 Å². The number of halogens is 1. The van der Waals surface area contributed by atoms with Crippen LogP contribution in [0.5, 0.6) is 5.75 Å². The molecule has 0 saturated carbocycles. The van der Waals surface area contributed by atoms with Crippen LogP contribution in [0.2, 0.25) is 0 Å². The Kier molecular flexibility index (Phi) is 4.49. The number of ether oxygens (including phenoxy) is 1. The number of rotatable bonds is 6. The molecule has 19 heavy (non-hydrogen) atoms. The first-order valence-electron chi connectivity index (χ1n) is 5.91. The van der Waals surface area contributed by atoms with Gasteiger partial charge in [0.15, 0.2) is 11.6 Å². The van der Waals surface area contributed by atoms with Crippen molar-refractivity contribution in [1.82, 2.24) is 9.97 Å². The number of aromatic nitrogens is 2. The molecule has 2 aromatic rings. The second-order valence-electron chi connectivity index (χ2n) is 3.73. The topological polar surface area (TPSA) is 59.1 Å². The lowest BCUT2D eigenvalue weighted by Crippen LogP contribution is -2.14. The molecule has 2 rings (SSSR count). The maximum Gasteiger partial charge on any atom is 0.224 e. The lowest BCUT2D eigenvalue weighted by atomic mass is 10.3. The maximum atomic E-state index is 13.4. The molecule has 0 fully saturated rings. The molecular weight excluding hydrogens is 247 g/mol. The first-order valence-corrected chi connectivity index (χ1v) is 5.91. The highest BCUT2D eigenvalue weighted by molar-refractivity contribution is 5.40. The smallest absolute Gasteiger partial charge is 0.224 e. The zero-order valence-electron chi connectivity index (χ0n) is 10.6. The number of anilines is 2. The molecule has 100 valence electrons. The quantitative estimate of drug-likeness (QED) is 0.781. The summed E-state index contributed by atoms with van der Waals surface area (Å²) in [4.78, 5) is 7.74. The van der Waals surface area contributed by atoms with Crippen molar-refractivity contribution in [2.45, 2.75) is 0 Å². The van der Waals surface area contributed by atoms with Crippen LogP contribution in [0.4, 0.5) is 16.2 Å². The van der Waals surface area contributed by atoms with Crippen LogP contribution in [0, 0.1) is 5.82 Å². The van der Waals surface area contributed by atoms with Gasteiger partial charge in [0, 0.05) is 7.05 Å². The molecule has 0 aliphatic heterocycles. The Hall–Kier alpha value is -2.37. The second-order valence-corrected chi connectivity index (χ2v) is 3.73. The van der Waals surface area contributed by atoms with Crippen LogP contribution in [-0.4, -0.2) is 30.2 Å². The van der Waals surface area contributed by atoms with Gasteiger partial charge in [-0.05, 0) is 12.1 Å². The molecule has 0 spiro atoms. The Labute approximate surface area is 110 Å². The van der Waals surface area contributed by atoms with Crippen molar-refractivity contribution < 1.29 is 9.13 Å². The van der Waals surface area contributed by atoms with E-state index in [4.69, 9.17) is 4.74 Å². The van der Waals surface area contributed by atoms with Crippen molar-refractivity contribution in [1.29, 1.82) is 0 Å². The van der Waals surface area contributed by atoms with Gasteiger partial charge in [-0.1, -0.05) is 18.2 Å². The van der Waals surface area contributed by atoms with Crippen LogP contribution in [0.25, 0.3) is 0 Å². The largest absolute Gasteiger partial charge is 0.492 e. The van der Waals surface area contributed by atoms with Crippen molar-refractivity contribution >= 4 is 11.8 Å². The Morgan fingerprint density at radius 3 is 2.79 bits per heavy atom. The van der Waals surface area contributed by atoms with Crippen LogP contribution in [0.3, 0.4) is 0 Å². The van der Waals surface area contributed by atoms with Gasteiger partial charge in [-0.2, -0.15) is 4.98 Å². The van der Waals surface area contributed by atoms with Gasteiger partial charge < -0.3 is 15.4 Å². The molecule has 0 saturated heterocycles. The molecule has 0 atom stereocenters. The third-order valence-corrected chi connectivity index (χ3v) is 2.37. The van der Waals surface area contributed by atoms with Gasteiger partial charge in [-0.3, -0.25) is 0 Å². The van der Waals surface area contributed by atoms with Crippen LogP contribution in [-0.2, 0) is 0 Å². The standard InChI is InChI=1S/C13H15FN4O/c1-15-13-17-9-11(14)12(18-13)16-7-8-19-10-5-3-2-4-6-10/h2-6,9H,7-8H2,1H3,(H2,15,16,17,18). The van der Waals surface area contributed by atoms with Crippen molar-refractivity contribution in [3.8, 4) is 5.75 Å². The van der Waals surface area contributed by atoms with Gasteiger partial charge in [0.2, 0.25) is 5.95 Å². The number of nitrogens with one attached hydrogen (secondary N) is 2. The molecule has 0 unspecified atom stereocenters. The third-order valence-electron chi connectivity index (χ3n) is 2.37. The summed E-state index contributed by atoms with van der Waals surface area (Å²) in [5, 5.41) is 5.62. The zero-order valence-corrected chi connectivity index (χ0v) is 10.6. The van der Waals surface area contributed by atoms with E-state index in [9.17, 15) is 4.39 Å². The normalized spacial score (nSPS) is 10.0. The molecule has 1 heterocycles. The van der Waals surface area contributed by atoms with Gasteiger partial charge in [0.1, 0.15) is 12.4 Å². The van der Waals surface area contributed by atoms with E-state index in [1.807, 2.05) is 30.3 Å². The number of benzene rings is 1. The highest BCUT2D eigenvalue weighted by Crippen LogP contribution is 2.11. The summed E-state index contributed by atoms with van der Waals surface area (Å²) in [6, 6.07) is 9.44. The highest BCUT2D eigenvalue weighted by atomic mass is 19.1. The molecule has 0 aliphatic rings. The third kappa shape index (κ3) is 3.80. The minimum absolute atomic E-state index is 0.163. The molecule has 6 heteroatoms. The van der Waals surface area contributed by atoms with Gasteiger partial charge in [-0.25, -0.2) is 9.37 Å². The molecule has 1 aromatic heterocycles. The molecule has 0 bridgehead atoms. The number of nitrogens with zero attached hydrogens (tertiary/aromatic N) is 2. The molecule has 2 N–H and O–H groups in total. The molecule has 1 aromatic carbocycles. The molecule has 0 aliphatic carbocycles. The summed E-state index contributed by atoms with van der Waals surface area (Å²) in [5.41, 5.74) is 0. The molecular formula is C13H15FN4O. The highest BCUT2D eigenvalue weighted by Gasteiger charge is 2.05. The van der Waals surface area contributed by atoms with Gasteiger partial charge in [-0.15, -0.1) is 0 Å². The van der Waals surface area contributed by atoms with Crippen LogP contribution < -0.4 is 15.4 Å². The lowest BCUT2D eigenvalue weighted by Gasteiger charge is -2.09. The van der Waals surface area contributed by atoms with Crippen molar-refractivity contribution in [2.24, 2.45) is 0 Å². The maximum absolute atomic E-state index is 13.4. The van der Waals surface area contributed by atoms with E-state index in [1.165, 1.54) is 0 Å². The van der Waals surface area contributed by atoms with E-state index < -0.39 is 5.82 Å². The Bertz CT molecular complexity index is 521. The van der Waals surface area contributed by atoms with Crippen molar-refractivity contribution in [3.63, 3.8) is 0 Å². The second kappa shape index (κ2) is 6.53. The summed E-state index contributed by atoms with van der Waals surface area (Å²) in [6.07, 6.45) is 1.12. The first kappa shape index (κ1) is 13.1. The summed E-state index contributed by atoms with van der Waals surface area (Å²) in [5.74, 6) is 0.825. The van der Waals surface area contributed by atoms with Crippen LogP contribution in [0.1, 0.15) is 0 Å². The van der Waals surface area contributed by atoms with Gasteiger partial charge in [0.05, 0.1) is 12.7 Å². The van der Waals surface area contributed by atoms with Crippen LogP contribution >= 0.6 is 0 Å². The minimum Gasteiger partial charge on any atom is -0.492 e. The van der Waals surface area contributed by atoms with E-state index in [0.717, 1.165) is 11.9 Å². The van der Waals surface area contributed by atoms with Crippen LogP contribution in [0.15, 0.2) is 36.5 Å². The zero-order chi connectivity index (χ0) is 13.5. The van der Waals surface area contributed by atoms with E-state index in [0.29, 0.717) is 19.1 Å². The molecule has 0 radical (unpaired) electrons. The molecule has 5 nitrogen and oxygen atoms in total. The summed E-state index contributed by atoms with van der Waals surface area (Å²) < 4.78 is 18.9. The van der Waals surface area contributed by atoms with Crippen molar-refractivity contribution in [2.75, 3.05) is 30.8 Å². The monoisotopic (exact) mass is 262 g/mol. The number of hydrogen-bond donors (Lipinski definition) is 2. The Balaban J connectivity index is 1.82. The average molecular weight is 262 g/mol. The number of para-hydroxylation sites is 1.